The lowest BCUT2D eigenvalue weighted by atomic mass is 10.2. The van der Waals surface area contributed by atoms with Crippen molar-refractivity contribution >= 4 is 32.6 Å². The predicted molar refractivity (Wildman–Crippen MR) is 100 cm³/mol. The fraction of sp³-hybridized carbons (Fsp3) is 0.389. The molecule has 1 amide bonds. The molecule has 0 fully saturated rings. The van der Waals surface area contributed by atoms with E-state index in [0.29, 0.717) is 23.1 Å². The number of carbonyl (C=O) groups excluding carboxylic acids is 1. The van der Waals surface area contributed by atoms with E-state index in [1.54, 1.807) is 17.9 Å². The minimum Gasteiger partial charge on any atom is -0.361 e. The number of benzene rings is 1. The molecule has 0 bridgehead atoms. The zero-order valence-corrected chi connectivity index (χ0v) is 15.8. The summed E-state index contributed by atoms with van der Waals surface area (Å²) in [6.45, 7) is 5.31. The second-order valence-electron chi connectivity index (χ2n) is 6.40. The van der Waals surface area contributed by atoms with Crippen LogP contribution in [0.3, 0.4) is 0 Å². The Hall–Kier alpha value is -2.25. The molecule has 0 N–H and O–H groups in total. The maximum absolute atomic E-state index is 12.9. The first-order chi connectivity index (χ1) is 11.9. The molecule has 0 radical (unpaired) electrons. The third-order valence-electron chi connectivity index (χ3n) is 3.84. The fourth-order valence-electron chi connectivity index (χ4n) is 2.57. The van der Waals surface area contributed by atoms with Gasteiger partial charge < -0.3 is 9.42 Å². The number of amides is 1. The minimum atomic E-state index is -0.175. The van der Waals surface area contributed by atoms with Gasteiger partial charge in [0.1, 0.15) is 5.76 Å². The van der Waals surface area contributed by atoms with E-state index < -0.39 is 0 Å². The van der Waals surface area contributed by atoms with Gasteiger partial charge in [-0.15, -0.1) is 0 Å². The number of thiazole rings is 1. The molecule has 0 saturated heterocycles. The lowest BCUT2D eigenvalue weighted by Gasteiger charge is -2.19. The van der Waals surface area contributed by atoms with Crippen molar-refractivity contribution in [1.82, 2.24) is 15.0 Å². The quantitative estimate of drug-likeness (QED) is 0.675. The first-order valence-electron chi connectivity index (χ1n) is 8.21. The number of rotatable bonds is 6. The third kappa shape index (κ3) is 4.05. The second kappa shape index (κ2) is 7.33. The summed E-state index contributed by atoms with van der Waals surface area (Å²) in [6, 6.07) is 7.79. The number of hydrogen-bond donors (Lipinski definition) is 0. The lowest BCUT2D eigenvalue weighted by Crippen LogP contribution is -2.33. The zero-order valence-electron chi connectivity index (χ0n) is 14.9. The molecule has 25 heavy (non-hydrogen) atoms. The van der Waals surface area contributed by atoms with Gasteiger partial charge in [0.2, 0.25) is 0 Å². The number of aromatic nitrogens is 2. The monoisotopic (exact) mass is 358 g/mol. The van der Waals surface area contributed by atoms with Crippen LogP contribution < -0.4 is 4.90 Å². The molecule has 7 heteroatoms. The highest BCUT2D eigenvalue weighted by molar-refractivity contribution is 7.22. The SMILES string of the molecule is Cc1ccc2nc(N(CCCN(C)C)C(=O)c3cc(C)on3)sc2c1. The van der Waals surface area contributed by atoms with E-state index in [9.17, 15) is 4.79 Å². The van der Waals surface area contributed by atoms with Crippen molar-refractivity contribution in [3.8, 4) is 0 Å². The summed E-state index contributed by atoms with van der Waals surface area (Å²) in [5.74, 6) is 0.447. The Labute approximate surface area is 151 Å². The van der Waals surface area contributed by atoms with E-state index >= 15 is 0 Å². The summed E-state index contributed by atoms with van der Waals surface area (Å²) >= 11 is 1.53. The lowest BCUT2D eigenvalue weighted by molar-refractivity contribution is 0.0977. The van der Waals surface area contributed by atoms with Crippen LogP contribution in [0.1, 0.15) is 28.2 Å². The molecule has 0 saturated carbocycles. The molecule has 3 aromatic rings. The van der Waals surface area contributed by atoms with Gasteiger partial charge in [-0.3, -0.25) is 9.69 Å². The van der Waals surface area contributed by atoms with Crippen molar-refractivity contribution in [2.24, 2.45) is 0 Å². The average molecular weight is 358 g/mol. The molecule has 2 heterocycles. The van der Waals surface area contributed by atoms with Crippen molar-refractivity contribution in [3.05, 3.63) is 41.3 Å². The topological polar surface area (TPSA) is 62.5 Å². The van der Waals surface area contributed by atoms with Gasteiger partial charge in [-0.25, -0.2) is 4.98 Å². The van der Waals surface area contributed by atoms with Crippen molar-refractivity contribution in [2.45, 2.75) is 20.3 Å². The summed E-state index contributed by atoms with van der Waals surface area (Å²) in [6.07, 6.45) is 0.852. The van der Waals surface area contributed by atoms with Crippen molar-refractivity contribution in [3.63, 3.8) is 0 Å². The largest absolute Gasteiger partial charge is 0.361 e. The summed E-state index contributed by atoms with van der Waals surface area (Å²) in [5.41, 5.74) is 2.41. The van der Waals surface area contributed by atoms with Crippen LogP contribution in [0.5, 0.6) is 0 Å². The number of aryl methyl sites for hydroxylation is 2. The van der Waals surface area contributed by atoms with Gasteiger partial charge in [0.05, 0.1) is 10.2 Å². The Bertz CT molecular complexity index is 884. The van der Waals surface area contributed by atoms with Crippen LogP contribution in [0.2, 0.25) is 0 Å². The first kappa shape index (κ1) is 17.6. The molecule has 1 aromatic carbocycles. The van der Waals surface area contributed by atoms with E-state index in [-0.39, 0.29) is 5.91 Å². The molecule has 0 spiro atoms. The highest BCUT2D eigenvalue weighted by Gasteiger charge is 2.23. The van der Waals surface area contributed by atoms with Gasteiger partial charge in [-0.1, -0.05) is 22.6 Å². The maximum Gasteiger partial charge on any atom is 0.282 e. The highest BCUT2D eigenvalue weighted by atomic mass is 32.1. The summed E-state index contributed by atoms with van der Waals surface area (Å²) in [5, 5.41) is 4.57. The zero-order chi connectivity index (χ0) is 18.0. The van der Waals surface area contributed by atoms with E-state index in [0.717, 1.165) is 23.2 Å². The van der Waals surface area contributed by atoms with E-state index in [2.05, 4.69) is 28.0 Å². The van der Waals surface area contributed by atoms with Crippen LogP contribution in [-0.4, -0.2) is 48.1 Å². The van der Waals surface area contributed by atoms with Crippen molar-refractivity contribution < 1.29 is 9.32 Å². The fourth-order valence-corrected chi connectivity index (χ4v) is 3.66. The molecule has 0 unspecified atom stereocenters. The molecule has 0 aliphatic carbocycles. The normalized spacial score (nSPS) is 11.4. The average Bonchev–Trinajstić information content (AvgIpc) is 3.16. The smallest absolute Gasteiger partial charge is 0.282 e. The van der Waals surface area contributed by atoms with E-state index in [1.165, 1.54) is 16.9 Å². The molecule has 0 atom stereocenters. The predicted octanol–water partition coefficient (Wildman–Crippen LogP) is 3.50. The summed E-state index contributed by atoms with van der Waals surface area (Å²) in [4.78, 5) is 21.4. The Morgan fingerprint density at radius 3 is 2.68 bits per heavy atom. The summed E-state index contributed by atoms with van der Waals surface area (Å²) in [7, 11) is 4.04. The molecular weight excluding hydrogens is 336 g/mol. The molecule has 2 aromatic heterocycles. The van der Waals surface area contributed by atoms with Gasteiger partial charge in [-0.05, 0) is 58.6 Å². The van der Waals surface area contributed by atoms with Crippen molar-refractivity contribution in [1.29, 1.82) is 0 Å². The van der Waals surface area contributed by atoms with Crippen LogP contribution in [0, 0.1) is 13.8 Å². The van der Waals surface area contributed by atoms with Gasteiger partial charge in [0.15, 0.2) is 10.8 Å². The van der Waals surface area contributed by atoms with E-state index in [1.807, 2.05) is 26.2 Å². The van der Waals surface area contributed by atoms with Gasteiger partial charge in [0, 0.05) is 12.6 Å². The molecule has 0 aliphatic rings. The summed E-state index contributed by atoms with van der Waals surface area (Å²) < 4.78 is 6.15. The molecule has 132 valence electrons. The van der Waals surface area contributed by atoms with Crippen LogP contribution in [0.25, 0.3) is 10.2 Å². The van der Waals surface area contributed by atoms with Crippen LogP contribution >= 0.6 is 11.3 Å². The van der Waals surface area contributed by atoms with Gasteiger partial charge in [-0.2, -0.15) is 0 Å². The number of carbonyl (C=O) groups is 1. The number of nitrogens with zero attached hydrogens (tertiary/aromatic N) is 4. The number of fused-ring (bicyclic) bond motifs is 1. The van der Waals surface area contributed by atoms with Gasteiger partial charge >= 0.3 is 0 Å². The third-order valence-corrected chi connectivity index (χ3v) is 4.88. The van der Waals surface area contributed by atoms with Crippen molar-refractivity contribution in [2.75, 3.05) is 32.1 Å². The maximum atomic E-state index is 12.9. The molecule has 3 rings (SSSR count). The van der Waals surface area contributed by atoms with Crippen LogP contribution in [0.15, 0.2) is 28.8 Å². The van der Waals surface area contributed by atoms with Crippen LogP contribution in [0.4, 0.5) is 5.13 Å². The Morgan fingerprint density at radius 1 is 1.20 bits per heavy atom. The van der Waals surface area contributed by atoms with E-state index in [4.69, 9.17) is 4.52 Å². The molecule has 6 nitrogen and oxygen atoms in total. The van der Waals surface area contributed by atoms with Crippen LogP contribution in [-0.2, 0) is 0 Å². The Morgan fingerprint density at radius 2 is 2.00 bits per heavy atom. The number of anilines is 1. The first-order valence-corrected chi connectivity index (χ1v) is 9.03. The molecular formula is C18H22N4O2S. The molecule has 0 aliphatic heterocycles. The minimum absolute atomic E-state index is 0.175. The number of hydrogen-bond acceptors (Lipinski definition) is 6. The van der Waals surface area contributed by atoms with Gasteiger partial charge in [0.25, 0.3) is 5.91 Å². The Balaban J connectivity index is 1.92. The Kier molecular flexibility index (Phi) is 5.15. The second-order valence-corrected chi connectivity index (χ2v) is 7.41. The highest BCUT2D eigenvalue weighted by Crippen LogP contribution is 2.30. The standard InChI is InChI=1S/C18H22N4O2S/c1-12-6-7-14-16(10-12)25-18(19-14)22(9-5-8-21(3)4)17(23)15-11-13(2)24-20-15/h6-7,10-11H,5,8-9H2,1-4H3.